The molecule has 0 spiro atoms. The zero-order chi connectivity index (χ0) is 17.9. The average Bonchev–Trinajstić information content (AvgIpc) is 3.24. The number of likely N-dealkylation sites (tertiary alicyclic amines) is 1. The van der Waals surface area contributed by atoms with Crippen LogP contribution < -0.4 is 0 Å². The highest BCUT2D eigenvalue weighted by molar-refractivity contribution is 5.76. The molecule has 1 saturated heterocycles. The summed E-state index contributed by atoms with van der Waals surface area (Å²) in [5.74, 6) is 2.30. The molecule has 0 N–H and O–H groups in total. The van der Waals surface area contributed by atoms with Gasteiger partial charge in [-0.25, -0.2) is 4.98 Å². The minimum atomic E-state index is 0.136. The molecular formula is C20H26N4O2. The van der Waals surface area contributed by atoms with Gasteiger partial charge < -0.3 is 14.2 Å². The largest absolute Gasteiger partial charge is 0.381 e. The first-order valence-electron chi connectivity index (χ1n) is 9.45. The van der Waals surface area contributed by atoms with Gasteiger partial charge in [-0.3, -0.25) is 9.78 Å². The Kier molecular flexibility index (Phi) is 5.02. The molecule has 1 aliphatic heterocycles. The molecule has 1 aliphatic carbocycles. The average molecular weight is 354 g/mol. The zero-order valence-electron chi connectivity index (χ0n) is 15.3. The summed E-state index contributed by atoms with van der Waals surface area (Å²) in [7, 11) is 0. The van der Waals surface area contributed by atoms with E-state index in [1.54, 1.807) is 6.20 Å². The molecule has 26 heavy (non-hydrogen) atoms. The van der Waals surface area contributed by atoms with Crippen LogP contribution in [0.25, 0.3) is 0 Å². The number of hydrogen-bond donors (Lipinski definition) is 0. The number of aromatic nitrogens is 3. The smallest absolute Gasteiger partial charge is 0.242 e. The zero-order valence-corrected chi connectivity index (χ0v) is 15.3. The van der Waals surface area contributed by atoms with Crippen LogP contribution in [-0.2, 0) is 16.1 Å². The van der Waals surface area contributed by atoms with Gasteiger partial charge in [0.2, 0.25) is 5.91 Å². The SMILES string of the molecule is Cc1nccn1CC(=O)N1C[C@@H](COCC2CC2)[C@H](c2ccccn2)C1. The number of imidazole rings is 1. The van der Waals surface area contributed by atoms with E-state index in [-0.39, 0.29) is 11.8 Å². The van der Waals surface area contributed by atoms with Crippen molar-refractivity contribution in [3.05, 3.63) is 48.3 Å². The van der Waals surface area contributed by atoms with Crippen molar-refractivity contribution >= 4 is 5.91 Å². The number of ether oxygens (including phenoxy) is 1. The molecule has 138 valence electrons. The Bertz CT molecular complexity index is 741. The van der Waals surface area contributed by atoms with Gasteiger partial charge >= 0.3 is 0 Å². The number of nitrogens with zero attached hydrogens (tertiary/aromatic N) is 4. The number of hydrogen-bond acceptors (Lipinski definition) is 4. The summed E-state index contributed by atoms with van der Waals surface area (Å²) >= 11 is 0. The Balaban J connectivity index is 1.43. The summed E-state index contributed by atoms with van der Waals surface area (Å²) in [5.41, 5.74) is 1.06. The van der Waals surface area contributed by atoms with E-state index in [2.05, 4.69) is 16.0 Å². The fraction of sp³-hybridized carbons (Fsp3) is 0.550. The summed E-state index contributed by atoms with van der Waals surface area (Å²) in [6.07, 6.45) is 8.01. The van der Waals surface area contributed by atoms with Crippen LogP contribution in [0.3, 0.4) is 0 Å². The van der Waals surface area contributed by atoms with E-state index in [1.807, 2.05) is 40.9 Å². The first-order valence-corrected chi connectivity index (χ1v) is 9.45. The molecule has 2 aromatic rings. The predicted molar refractivity (Wildman–Crippen MR) is 97.6 cm³/mol. The molecule has 2 atom stereocenters. The lowest BCUT2D eigenvalue weighted by Gasteiger charge is -2.17. The summed E-state index contributed by atoms with van der Waals surface area (Å²) in [5, 5.41) is 0. The molecule has 0 bridgehead atoms. The molecule has 2 aliphatic rings. The Hall–Kier alpha value is -2.21. The van der Waals surface area contributed by atoms with Crippen molar-refractivity contribution < 1.29 is 9.53 Å². The van der Waals surface area contributed by atoms with Crippen LogP contribution >= 0.6 is 0 Å². The van der Waals surface area contributed by atoms with Gasteiger partial charge in [0.1, 0.15) is 12.4 Å². The van der Waals surface area contributed by atoms with Gasteiger partial charge in [-0.05, 0) is 37.8 Å². The number of rotatable bonds is 7. The van der Waals surface area contributed by atoms with Gasteiger partial charge in [0.25, 0.3) is 0 Å². The lowest BCUT2D eigenvalue weighted by atomic mass is 9.93. The monoisotopic (exact) mass is 354 g/mol. The van der Waals surface area contributed by atoms with Crippen LogP contribution in [0.15, 0.2) is 36.8 Å². The van der Waals surface area contributed by atoms with Crippen molar-refractivity contribution in [1.29, 1.82) is 0 Å². The van der Waals surface area contributed by atoms with Crippen molar-refractivity contribution in [2.24, 2.45) is 11.8 Å². The fourth-order valence-corrected chi connectivity index (χ4v) is 3.66. The number of carbonyl (C=O) groups is 1. The van der Waals surface area contributed by atoms with E-state index >= 15 is 0 Å². The minimum absolute atomic E-state index is 0.136. The van der Waals surface area contributed by atoms with Crippen LogP contribution in [-0.4, -0.2) is 51.6 Å². The first-order chi connectivity index (χ1) is 12.7. The van der Waals surface area contributed by atoms with Crippen LogP contribution in [0.2, 0.25) is 0 Å². The van der Waals surface area contributed by atoms with E-state index in [1.165, 1.54) is 12.8 Å². The normalized spacial score (nSPS) is 22.7. The van der Waals surface area contributed by atoms with Crippen molar-refractivity contribution in [2.45, 2.75) is 32.2 Å². The lowest BCUT2D eigenvalue weighted by Crippen LogP contribution is -2.32. The van der Waals surface area contributed by atoms with Gasteiger partial charge in [-0.1, -0.05) is 6.07 Å². The molecule has 4 rings (SSSR count). The summed E-state index contributed by atoms with van der Waals surface area (Å²) in [4.78, 5) is 23.5. The maximum absolute atomic E-state index is 12.8. The highest BCUT2D eigenvalue weighted by Gasteiger charge is 2.37. The van der Waals surface area contributed by atoms with E-state index in [9.17, 15) is 4.79 Å². The summed E-state index contributed by atoms with van der Waals surface area (Å²) in [6.45, 7) is 5.26. The van der Waals surface area contributed by atoms with Crippen molar-refractivity contribution in [2.75, 3.05) is 26.3 Å². The van der Waals surface area contributed by atoms with Crippen LogP contribution in [0.1, 0.15) is 30.3 Å². The highest BCUT2D eigenvalue weighted by atomic mass is 16.5. The Morgan fingerprint density at radius 1 is 1.19 bits per heavy atom. The Morgan fingerprint density at radius 3 is 2.77 bits per heavy atom. The van der Waals surface area contributed by atoms with Crippen LogP contribution in [0.4, 0.5) is 0 Å². The third-order valence-corrected chi connectivity index (χ3v) is 5.47. The summed E-state index contributed by atoms with van der Waals surface area (Å²) in [6, 6.07) is 6.01. The van der Waals surface area contributed by atoms with Crippen LogP contribution in [0, 0.1) is 18.8 Å². The Labute approximate surface area is 154 Å². The molecule has 6 nitrogen and oxygen atoms in total. The van der Waals surface area contributed by atoms with Gasteiger partial charge in [-0.2, -0.15) is 0 Å². The van der Waals surface area contributed by atoms with Gasteiger partial charge in [0.05, 0.1) is 6.61 Å². The molecule has 2 fully saturated rings. The summed E-state index contributed by atoms with van der Waals surface area (Å²) < 4.78 is 7.86. The van der Waals surface area contributed by atoms with Gasteiger partial charge in [-0.15, -0.1) is 0 Å². The molecule has 2 aromatic heterocycles. The molecule has 6 heteroatoms. The second-order valence-corrected chi connectivity index (χ2v) is 7.50. The van der Waals surface area contributed by atoms with E-state index in [0.29, 0.717) is 25.6 Å². The molecule has 0 unspecified atom stereocenters. The lowest BCUT2D eigenvalue weighted by molar-refractivity contribution is -0.131. The maximum Gasteiger partial charge on any atom is 0.242 e. The number of aryl methyl sites for hydroxylation is 1. The maximum atomic E-state index is 12.8. The number of amides is 1. The highest BCUT2D eigenvalue weighted by Crippen LogP contribution is 2.33. The molecule has 1 amide bonds. The molecule has 0 radical (unpaired) electrons. The molecule has 0 aromatic carbocycles. The van der Waals surface area contributed by atoms with Crippen LogP contribution in [0.5, 0.6) is 0 Å². The van der Waals surface area contributed by atoms with Gasteiger partial charge in [0.15, 0.2) is 0 Å². The number of pyridine rings is 1. The third-order valence-electron chi connectivity index (χ3n) is 5.47. The molecule has 1 saturated carbocycles. The molecule has 3 heterocycles. The Morgan fingerprint density at radius 2 is 2.08 bits per heavy atom. The van der Waals surface area contributed by atoms with E-state index in [4.69, 9.17) is 4.74 Å². The van der Waals surface area contributed by atoms with E-state index < -0.39 is 0 Å². The topological polar surface area (TPSA) is 60.2 Å². The predicted octanol–water partition coefficient (Wildman–Crippen LogP) is 2.26. The second kappa shape index (κ2) is 7.58. The van der Waals surface area contributed by atoms with E-state index in [0.717, 1.165) is 30.6 Å². The quantitative estimate of drug-likeness (QED) is 0.765. The second-order valence-electron chi connectivity index (χ2n) is 7.50. The molecular weight excluding hydrogens is 328 g/mol. The fourth-order valence-electron chi connectivity index (χ4n) is 3.66. The van der Waals surface area contributed by atoms with Crippen molar-refractivity contribution in [1.82, 2.24) is 19.4 Å². The minimum Gasteiger partial charge on any atom is -0.381 e. The standard InChI is InChI=1S/C20H26N4O2/c1-15-21-8-9-23(15)12-20(25)24-10-17(14-26-13-16-5-6-16)18(11-24)19-4-2-3-7-22-19/h2-4,7-9,16-18H,5-6,10-14H2,1H3/t17-,18+/m0/s1. The number of carbonyl (C=O) groups excluding carboxylic acids is 1. The van der Waals surface area contributed by atoms with Crippen molar-refractivity contribution in [3.8, 4) is 0 Å². The third kappa shape index (κ3) is 3.96. The first kappa shape index (κ1) is 17.2. The van der Waals surface area contributed by atoms with Crippen molar-refractivity contribution in [3.63, 3.8) is 0 Å². The van der Waals surface area contributed by atoms with Gasteiger partial charge in [0, 0.05) is 55.8 Å².